The number of benzene rings is 10. The van der Waals surface area contributed by atoms with Gasteiger partial charge >= 0.3 is 0 Å². The number of aromatic nitrogens is 2. The third-order valence-corrected chi connectivity index (χ3v) is 11.5. The normalized spacial score (nSPS) is 11.4. The van der Waals surface area contributed by atoms with Gasteiger partial charge in [0, 0.05) is 16.7 Å². The Kier molecular flexibility index (Phi) is 8.19. The summed E-state index contributed by atoms with van der Waals surface area (Å²) in [7, 11) is 0. The lowest BCUT2D eigenvalue weighted by Gasteiger charge is -2.15. The molecule has 0 saturated heterocycles. The van der Waals surface area contributed by atoms with Crippen LogP contribution < -0.4 is 0 Å². The standard InChI is InChI=1S/C56H36N2/c1-2-17-39(18-3-1)56-57-53(36-54(58-56)50-29-11-10-28-49(50)48-30-14-20-37-15-4-7-25-45(37)48)43-23-12-21-40(33-43)41-22-13-24-44(34-41)55-47-27-9-6-19-42(47)35-52-46-26-8-5-16-38(46)31-32-51(52)55/h1-36H. The molecule has 0 saturated carbocycles. The maximum Gasteiger partial charge on any atom is 0.160 e. The Labute approximate surface area is 337 Å². The van der Waals surface area contributed by atoms with Gasteiger partial charge in [-0.2, -0.15) is 0 Å². The highest BCUT2D eigenvalue weighted by Crippen LogP contribution is 2.41. The van der Waals surface area contributed by atoms with Gasteiger partial charge < -0.3 is 0 Å². The van der Waals surface area contributed by atoms with Gasteiger partial charge in [-0.1, -0.05) is 194 Å². The number of hydrogen-bond donors (Lipinski definition) is 0. The molecule has 0 amide bonds. The first-order chi connectivity index (χ1) is 28.7. The summed E-state index contributed by atoms with van der Waals surface area (Å²) in [6.07, 6.45) is 0. The van der Waals surface area contributed by atoms with Crippen LogP contribution >= 0.6 is 0 Å². The average Bonchev–Trinajstić information content (AvgIpc) is 3.31. The van der Waals surface area contributed by atoms with Gasteiger partial charge in [0.2, 0.25) is 0 Å². The largest absolute Gasteiger partial charge is 0.228 e. The fourth-order valence-electron chi connectivity index (χ4n) is 8.69. The summed E-state index contributed by atoms with van der Waals surface area (Å²) in [5.74, 6) is 0.698. The average molecular weight is 737 g/mol. The number of hydrogen-bond acceptors (Lipinski definition) is 2. The van der Waals surface area contributed by atoms with Crippen LogP contribution in [0.1, 0.15) is 0 Å². The monoisotopic (exact) mass is 736 g/mol. The molecule has 0 radical (unpaired) electrons. The van der Waals surface area contributed by atoms with E-state index in [4.69, 9.17) is 9.97 Å². The van der Waals surface area contributed by atoms with Crippen molar-refractivity contribution in [3.05, 3.63) is 218 Å². The lowest BCUT2D eigenvalue weighted by Crippen LogP contribution is -1.97. The molecule has 0 spiro atoms. The summed E-state index contributed by atoms with van der Waals surface area (Å²) < 4.78 is 0. The van der Waals surface area contributed by atoms with E-state index in [0.29, 0.717) is 5.82 Å². The molecule has 11 rings (SSSR count). The van der Waals surface area contributed by atoms with E-state index in [1.165, 1.54) is 59.8 Å². The Morgan fingerprint density at radius 3 is 1.59 bits per heavy atom. The van der Waals surface area contributed by atoms with E-state index < -0.39 is 0 Å². The third-order valence-electron chi connectivity index (χ3n) is 11.5. The van der Waals surface area contributed by atoms with Crippen molar-refractivity contribution in [1.29, 1.82) is 0 Å². The Bertz CT molecular complexity index is 3340. The maximum atomic E-state index is 5.25. The summed E-state index contributed by atoms with van der Waals surface area (Å²) in [5.41, 5.74) is 11.9. The van der Waals surface area contributed by atoms with Crippen molar-refractivity contribution in [3.8, 4) is 67.3 Å². The molecule has 0 bridgehead atoms. The number of nitrogens with zero attached hydrogens (tertiary/aromatic N) is 2. The van der Waals surface area contributed by atoms with Crippen LogP contribution in [0.15, 0.2) is 218 Å². The molecule has 0 aliphatic rings. The highest BCUT2D eigenvalue weighted by molar-refractivity contribution is 6.20. The fourth-order valence-corrected chi connectivity index (χ4v) is 8.69. The van der Waals surface area contributed by atoms with E-state index in [1.807, 2.05) is 18.2 Å². The van der Waals surface area contributed by atoms with Gasteiger partial charge in [0.25, 0.3) is 0 Å². The summed E-state index contributed by atoms with van der Waals surface area (Å²) in [5, 5.41) is 9.98. The van der Waals surface area contributed by atoms with Crippen molar-refractivity contribution in [1.82, 2.24) is 9.97 Å². The van der Waals surface area contributed by atoms with E-state index in [9.17, 15) is 0 Å². The van der Waals surface area contributed by atoms with Crippen LogP contribution in [0.2, 0.25) is 0 Å². The first-order valence-electron chi connectivity index (χ1n) is 19.8. The molecule has 0 atom stereocenters. The second-order valence-electron chi connectivity index (χ2n) is 14.9. The molecule has 1 heterocycles. The molecule has 2 nitrogen and oxygen atoms in total. The topological polar surface area (TPSA) is 25.8 Å². The zero-order valence-corrected chi connectivity index (χ0v) is 31.7. The van der Waals surface area contributed by atoms with Gasteiger partial charge in [-0.05, 0) is 101 Å². The fraction of sp³-hybridized carbons (Fsp3) is 0. The molecule has 2 heteroatoms. The van der Waals surface area contributed by atoms with Gasteiger partial charge in [0.1, 0.15) is 0 Å². The Hall–Kier alpha value is -7.68. The first-order valence-corrected chi connectivity index (χ1v) is 19.8. The van der Waals surface area contributed by atoms with Gasteiger partial charge in [0.15, 0.2) is 5.82 Å². The highest BCUT2D eigenvalue weighted by Gasteiger charge is 2.17. The molecule has 0 aliphatic heterocycles. The van der Waals surface area contributed by atoms with Crippen molar-refractivity contribution in [2.45, 2.75) is 0 Å². The lowest BCUT2D eigenvalue weighted by atomic mass is 9.88. The predicted molar refractivity (Wildman–Crippen MR) is 245 cm³/mol. The molecule has 0 unspecified atom stereocenters. The van der Waals surface area contributed by atoms with Gasteiger partial charge in [-0.3, -0.25) is 0 Å². The van der Waals surface area contributed by atoms with Gasteiger partial charge in [-0.15, -0.1) is 0 Å². The Balaban J connectivity index is 1.06. The molecule has 0 aliphatic carbocycles. The van der Waals surface area contributed by atoms with Crippen molar-refractivity contribution in [2.24, 2.45) is 0 Å². The predicted octanol–water partition coefficient (Wildman–Crippen LogP) is 15.1. The summed E-state index contributed by atoms with van der Waals surface area (Å²) in [6, 6.07) is 78.3. The van der Waals surface area contributed by atoms with Crippen LogP contribution in [-0.4, -0.2) is 9.97 Å². The summed E-state index contributed by atoms with van der Waals surface area (Å²) in [4.78, 5) is 10.5. The van der Waals surface area contributed by atoms with Crippen LogP contribution in [0.3, 0.4) is 0 Å². The molecule has 270 valence electrons. The molecule has 58 heavy (non-hydrogen) atoms. The minimum absolute atomic E-state index is 0.698. The Morgan fingerprint density at radius 2 is 0.776 bits per heavy atom. The maximum absolute atomic E-state index is 5.25. The van der Waals surface area contributed by atoms with Crippen LogP contribution in [0.25, 0.3) is 110 Å². The van der Waals surface area contributed by atoms with E-state index in [1.54, 1.807) is 0 Å². The SMILES string of the molecule is c1ccc(-c2nc(-c3cccc(-c4cccc(-c5c6ccccc6cc6c5ccc5ccccc56)c4)c3)cc(-c3ccccc3-c3cccc4ccccc34)n2)cc1. The second kappa shape index (κ2) is 14.1. The van der Waals surface area contributed by atoms with Crippen molar-refractivity contribution in [2.75, 3.05) is 0 Å². The van der Waals surface area contributed by atoms with E-state index in [0.717, 1.165) is 44.8 Å². The highest BCUT2D eigenvalue weighted by atomic mass is 14.9. The van der Waals surface area contributed by atoms with Crippen LogP contribution in [0.5, 0.6) is 0 Å². The molecule has 0 fully saturated rings. The molecule has 0 N–H and O–H groups in total. The smallest absolute Gasteiger partial charge is 0.160 e. The van der Waals surface area contributed by atoms with E-state index >= 15 is 0 Å². The zero-order chi connectivity index (χ0) is 38.4. The van der Waals surface area contributed by atoms with Gasteiger partial charge in [-0.25, -0.2) is 9.97 Å². The number of fused-ring (bicyclic) bond motifs is 5. The van der Waals surface area contributed by atoms with Crippen LogP contribution in [-0.2, 0) is 0 Å². The summed E-state index contributed by atoms with van der Waals surface area (Å²) >= 11 is 0. The minimum Gasteiger partial charge on any atom is -0.228 e. The molecular weight excluding hydrogens is 701 g/mol. The van der Waals surface area contributed by atoms with Gasteiger partial charge in [0.05, 0.1) is 11.4 Å². The minimum atomic E-state index is 0.698. The van der Waals surface area contributed by atoms with Crippen molar-refractivity contribution in [3.63, 3.8) is 0 Å². The summed E-state index contributed by atoms with van der Waals surface area (Å²) in [6.45, 7) is 0. The van der Waals surface area contributed by atoms with E-state index in [-0.39, 0.29) is 0 Å². The quantitative estimate of drug-likeness (QED) is 0.125. The van der Waals surface area contributed by atoms with Crippen molar-refractivity contribution < 1.29 is 0 Å². The first kappa shape index (κ1) is 33.6. The molecule has 1 aromatic heterocycles. The zero-order valence-electron chi connectivity index (χ0n) is 31.7. The lowest BCUT2D eigenvalue weighted by molar-refractivity contribution is 1.18. The molecule has 11 aromatic rings. The van der Waals surface area contributed by atoms with E-state index in [2.05, 4.69) is 200 Å². The Morgan fingerprint density at radius 1 is 0.241 bits per heavy atom. The number of rotatable bonds is 6. The third kappa shape index (κ3) is 5.91. The van der Waals surface area contributed by atoms with Crippen LogP contribution in [0, 0.1) is 0 Å². The van der Waals surface area contributed by atoms with Crippen LogP contribution in [0.4, 0.5) is 0 Å². The molecule has 10 aromatic carbocycles. The second-order valence-corrected chi connectivity index (χ2v) is 14.9. The van der Waals surface area contributed by atoms with Crippen molar-refractivity contribution >= 4 is 43.1 Å². The molecular formula is C56H36N2.